The maximum atomic E-state index is 13.4. The lowest BCUT2D eigenvalue weighted by Crippen LogP contribution is -2.24. The SMILES string of the molecule is CCOC(=O)c1c(C)oc(NC(=O)COc2c(-c3ccc(C(C)(C)C)cc3)oc3ccccc3c2=O)c1C(N)=O. The van der Waals surface area contributed by atoms with Gasteiger partial charge in [0, 0.05) is 5.56 Å². The molecular formula is C30H30N2O8. The van der Waals surface area contributed by atoms with Crippen LogP contribution in [-0.2, 0) is 14.9 Å². The summed E-state index contributed by atoms with van der Waals surface area (Å²) in [6.45, 7) is 8.73. The Morgan fingerprint density at radius 2 is 1.65 bits per heavy atom. The van der Waals surface area contributed by atoms with Crippen molar-refractivity contribution in [2.75, 3.05) is 18.5 Å². The molecule has 0 atom stereocenters. The van der Waals surface area contributed by atoms with Gasteiger partial charge in [-0.1, -0.05) is 57.2 Å². The number of hydrogen-bond donors (Lipinski definition) is 2. The quantitative estimate of drug-likeness (QED) is 0.295. The number of hydrogen-bond acceptors (Lipinski definition) is 8. The van der Waals surface area contributed by atoms with Crippen molar-refractivity contribution in [1.82, 2.24) is 0 Å². The van der Waals surface area contributed by atoms with Crippen molar-refractivity contribution in [3.05, 3.63) is 81.2 Å². The molecule has 2 heterocycles. The lowest BCUT2D eigenvalue weighted by molar-refractivity contribution is -0.118. The molecular weight excluding hydrogens is 516 g/mol. The second kappa shape index (κ2) is 11.1. The molecule has 0 aliphatic heterocycles. The second-order valence-electron chi connectivity index (χ2n) is 10.1. The number of nitrogens with two attached hydrogens (primary N) is 1. The Labute approximate surface area is 230 Å². The Kier molecular flexibility index (Phi) is 7.81. The van der Waals surface area contributed by atoms with Crippen molar-refractivity contribution in [3.63, 3.8) is 0 Å². The minimum atomic E-state index is -0.993. The van der Waals surface area contributed by atoms with Crippen molar-refractivity contribution >= 4 is 34.6 Å². The highest BCUT2D eigenvalue weighted by atomic mass is 16.5. The zero-order valence-corrected chi connectivity index (χ0v) is 22.9. The summed E-state index contributed by atoms with van der Waals surface area (Å²) in [6.07, 6.45) is 0. The first kappa shape index (κ1) is 28.2. The van der Waals surface area contributed by atoms with Crippen LogP contribution < -0.4 is 21.2 Å². The predicted octanol–water partition coefficient (Wildman–Crippen LogP) is 4.95. The number of primary amides is 1. The lowest BCUT2D eigenvalue weighted by atomic mass is 9.86. The van der Waals surface area contributed by atoms with Crippen molar-refractivity contribution in [1.29, 1.82) is 0 Å². The summed E-state index contributed by atoms with van der Waals surface area (Å²) in [5.74, 6) is -2.86. The summed E-state index contributed by atoms with van der Waals surface area (Å²) >= 11 is 0. The van der Waals surface area contributed by atoms with Crippen LogP contribution in [0.25, 0.3) is 22.3 Å². The number of carbonyl (C=O) groups is 3. The molecule has 4 rings (SSSR count). The largest absolute Gasteiger partial charge is 0.476 e. The van der Waals surface area contributed by atoms with Crippen molar-refractivity contribution in [2.24, 2.45) is 5.73 Å². The number of nitrogens with one attached hydrogen (secondary N) is 1. The van der Waals surface area contributed by atoms with Gasteiger partial charge in [0.15, 0.2) is 12.4 Å². The molecule has 2 amide bonds. The molecule has 0 bridgehead atoms. The number of ether oxygens (including phenoxy) is 2. The normalized spacial score (nSPS) is 11.3. The zero-order valence-electron chi connectivity index (χ0n) is 22.9. The van der Waals surface area contributed by atoms with Crippen LogP contribution in [-0.4, -0.2) is 31.0 Å². The molecule has 10 heteroatoms. The topological polar surface area (TPSA) is 151 Å². The van der Waals surface area contributed by atoms with Crippen LogP contribution in [0.3, 0.4) is 0 Å². The van der Waals surface area contributed by atoms with Gasteiger partial charge in [0.05, 0.1) is 12.0 Å². The summed E-state index contributed by atoms with van der Waals surface area (Å²) in [7, 11) is 0. The van der Waals surface area contributed by atoms with Crippen LogP contribution in [0.15, 0.2) is 62.2 Å². The minimum absolute atomic E-state index is 0.0413. The number of fused-ring (bicyclic) bond motifs is 1. The van der Waals surface area contributed by atoms with Gasteiger partial charge in [-0.25, -0.2) is 4.79 Å². The fraction of sp³-hybridized carbons (Fsp3) is 0.267. The van der Waals surface area contributed by atoms with Gasteiger partial charge in [-0.2, -0.15) is 0 Å². The molecule has 0 aliphatic carbocycles. The highest BCUT2D eigenvalue weighted by Crippen LogP contribution is 2.33. The summed E-state index contributed by atoms with van der Waals surface area (Å²) in [6, 6.07) is 14.2. The maximum Gasteiger partial charge on any atom is 0.342 e. The molecule has 0 spiro atoms. The summed E-state index contributed by atoms with van der Waals surface area (Å²) in [5.41, 5.74) is 6.45. The number of anilines is 1. The molecule has 0 saturated carbocycles. The van der Waals surface area contributed by atoms with E-state index in [1.165, 1.54) is 6.92 Å². The van der Waals surface area contributed by atoms with E-state index >= 15 is 0 Å². The Morgan fingerprint density at radius 1 is 0.975 bits per heavy atom. The number of rotatable bonds is 8. The van der Waals surface area contributed by atoms with E-state index < -0.39 is 29.8 Å². The van der Waals surface area contributed by atoms with E-state index in [1.807, 2.05) is 24.3 Å². The van der Waals surface area contributed by atoms with E-state index in [9.17, 15) is 19.2 Å². The van der Waals surface area contributed by atoms with Crippen LogP contribution in [0.5, 0.6) is 5.75 Å². The Morgan fingerprint density at radius 3 is 2.27 bits per heavy atom. The molecule has 2 aromatic heterocycles. The van der Waals surface area contributed by atoms with E-state index in [1.54, 1.807) is 31.2 Å². The monoisotopic (exact) mass is 546 g/mol. The Balaban J connectivity index is 1.66. The van der Waals surface area contributed by atoms with Gasteiger partial charge in [-0.15, -0.1) is 0 Å². The van der Waals surface area contributed by atoms with Gasteiger partial charge in [0.25, 0.3) is 11.8 Å². The molecule has 2 aromatic carbocycles. The molecule has 0 saturated heterocycles. The van der Waals surface area contributed by atoms with Crippen molar-refractivity contribution in [3.8, 4) is 17.1 Å². The molecule has 0 aliphatic rings. The van der Waals surface area contributed by atoms with Gasteiger partial charge in [-0.3, -0.25) is 19.7 Å². The molecule has 0 radical (unpaired) electrons. The molecule has 208 valence electrons. The Bertz CT molecular complexity index is 1660. The predicted molar refractivity (Wildman–Crippen MR) is 149 cm³/mol. The molecule has 4 aromatic rings. The summed E-state index contributed by atoms with van der Waals surface area (Å²) < 4.78 is 22.2. The highest BCUT2D eigenvalue weighted by Gasteiger charge is 2.29. The summed E-state index contributed by atoms with van der Waals surface area (Å²) in [5, 5.41) is 2.67. The first-order valence-corrected chi connectivity index (χ1v) is 12.6. The number of para-hydroxylation sites is 1. The van der Waals surface area contributed by atoms with Gasteiger partial charge in [0.1, 0.15) is 22.5 Å². The Hall–Kier alpha value is -4.86. The second-order valence-corrected chi connectivity index (χ2v) is 10.1. The van der Waals surface area contributed by atoms with E-state index in [0.29, 0.717) is 11.1 Å². The van der Waals surface area contributed by atoms with E-state index in [4.69, 9.17) is 24.0 Å². The standard InChI is InChI=1S/C30H30N2O8/c1-6-37-29(36)22-16(2)39-28(23(22)27(31)35)32-21(33)15-38-26-24(34)19-9-7-8-10-20(19)40-25(26)17-11-13-18(14-12-17)30(3,4)5/h7-14H,6,15H2,1-5H3,(H2,31,35)(H,32,33). The molecule has 0 fully saturated rings. The van der Waals surface area contributed by atoms with Crippen LogP contribution in [0.2, 0.25) is 0 Å². The molecule has 0 unspecified atom stereocenters. The van der Waals surface area contributed by atoms with Crippen LogP contribution in [0.1, 0.15) is 59.7 Å². The minimum Gasteiger partial charge on any atom is -0.476 e. The molecule has 10 nitrogen and oxygen atoms in total. The van der Waals surface area contributed by atoms with E-state index in [2.05, 4.69) is 26.1 Å². The third-order valence-electron chi connectivity index (χ3n) is 6.18. The van der Waals surface area contributed by atoms with E-state index in [-0.39, 0.29) is 51.7 Å². The summed E-state index contributed by atoms with van der Waals surface area (Å²) in [4.78, 5) is 50.7. The number of esters is 1. The smallest absolute Gasteiger partial charge is 0.342 e. The molecule has 40 heavy (non-hydrogen) atoms. The fourth-order valence-electron chi connectivity index (χ4n) is 4.18. The first-order chi connectivity index (χ1) is 18.9. The number of carbonyl (C=O) groups excluding carboxylic acids is 3. The molecule has 3 N–H and O–H groups in total. The van der Waals surface area contributed by atoms with Crippen LogP contribution in [0, 0.1) is 6.92 Å². The van der Waals surface area contributed by atoms with Crippen molar-refractivity contribution in [2.45, 2.75) is 40.0 Å². The maximum absolute atomic E-state index is 13.4. The zero-order chi connectivity index (χ0) is 29.2. The lowest BCUT2D eigenvalue weighted by Gasteiger charge is -2.19. The van der Waals surface area contributed by atoms with Crippen LogP contribution in [0.4, 0.5) is 5.88 Å². The third kappa shape index (κ3) is 5.61. The average molecular weight is 547 g/mol. The van der Waals surface area contributed by atoms with E-state index in [0.717, 1.165) is 5.56 Å². The number of furan rings is 1. The van der Waals surface area contributed by atoms with Gasteiger partial charge in [0.2, 0.25) is 17.1 Å². The average Bonchev–Trinajstić information content (AvgIpc) is 3.23. The first-order valence-electron chi connectivity index (χ1n) is 12.6. The van der Waals surface area contributed by atoms with Gasteiger partial charge >= 0.3 is 5.97 Å². The van der Waals surface area contributed by atoms with Crippen molar-refractivity contribution < 1.29 is 32.7 Å². The van der Waals surface area contributed by atoms with Gasteiger partial charge < -0.3 is 24.0 Å². The number of amides is 2. The fourth-order valence-corrected chi connectivity index (χ4v) is 4.18. The highest BCUT2D eigenvalue weighted by molar-refractivity contribution is 6.10. The number of benzene rings is 2. The number of aryl methyl sites for hydroxylation is 1. The van der Waals surface area contributed by atoms with Crippen LogP contribution >= 0.6 is 0 Å². The van der Waals surface area contributed by atoms with Gasteiger partial charge in [-0.05, 0) is 37.0 Å². The third-order valence-corrected chi connectivity index (χ3v) is 6.18.